The minimum absolute atomic E-state index is 0.107. The molecule has 3 N–H and O–H groups in total. The molecule has 0 radical (unpaired) electrons. The lowest BCUT2D eigenvalue weighted by atomic mass is 9.77. The van der Waals surface area contributed by atoms with Gasteiger partial charge in [0.25, 0.3) is 0 Å². The highest BCUT2D eigenvalue weighted by Crippen LogP contribution is 2.34. The Hall–Kier alpha value is -1.24. The summed E-state index contributed by atoms with van der Waals surface area (Å²) < 4.78 is 0. The van der Waals surface area contributed by atoms with E-state index in [2.05, 4.69) is 12.6 Å². The van der Waals surface area contributed by atoms with Crippen LogP contribution in [0, 0.1) is 5.41 Å². The fraction of sp³-hybridized carbons (Fsp3) is 0.667. The van der Waals surface area contributed by atoms with Crippen LogP contribution < -0.4 is 0 Å². The van der Waals surface area contributed by atoms with E-state index in [4.69, 9.17) is 15.3 Å². The number of rotatable bonds is 7. The number of hydrogen-bond acceptors (Lipinski definition) is 4. The molecular formula is C9H14O6S. The van der Waals surface area contributed by atoms with Crippen molar-refractivity contribution in [3.8, 4) is 0 Å². The Kier molecular flexibility index (Phi) is 5.29. The summed E-state index contributed by atoms with van der Waals surface area (Å²) in [6.07, 6.45) is -1.55. The Bertz CT molecular complexity index is 282. The Morgan fingerprint density at radius 3 is 1.69 bits per heavy atom. The molecule has 0 saturated heterocycles. The van der Waals surface area contributed by atoms with Crippen LogP contribution in [0.4, 0.5) is 0 Å². The third kappa shape index (κ3) is 4.52. The summed E-state index contributed by atoms with van der Waals surface area (Å²) in [6.45, 7) is 1.59. The maximum atomic E-state index is 11.1. The number of carbonyl (C=O) groups is 3. The number of thiol groups is 1. The highest BCUT2D eigenvalue weighted by Gasteiger charge is 2.43. The maximum Gasteiger partial charge on any atom is 0.310 e. The summed E-state index contributed by atoms with van der Waals surface area (Å²) in [7, 11) is 0. The predicted molar refractivity (Wildman–Crippen MR) is 57.6 cm³/mol. The van der Waals surface area contributed by atoms with Crippen molar-refractivity contribution < 1.29 is 29.7 Å². The van der Waals surface area contributed by atoms with E-state index in [0.717, 1.165) is 0 Å². The molecule has 0 fully saturated rings. The van der Waals surface area contributed by atoms with Gasteiger partial charge in [0.2, 0.25) is 0 Å². The third-order valence-electron chi connectivity index (χ3n) is 2.12. The first-order valence-electron chi connectivity index (χ1n) is 4.54. The van der Waals surface area contributed by atoms with Gasteiger partial charge in [-0.05, 0) is 11.7 Å². The lowest BCUT2D eigenvalue weighted by Crippen LogP contribution is -2.37. The van der Waals surface area contributed by atoms with Gasteiger partial charge < -0.3 is 15.3 Å². The summed E-state index contributed by atoms with van der Waals surface area (Å²) in [5, 5.41) is 25.9. The molecule has 7 heteroatoms. The molecule has 0 aromatic rings. The second-order valence-electron chi connectivity index (χ2n) is 3.78. The minimum Gasteiger partial charge on any atom is -0.481 e. The molecule has 16 heavy (non-hydrogen) atoms. The van der Waals surface area contributed by atoms with Crippen LogP contribution in [0.1, 0.15) is 26.2 Å². The van der Waals surface area contributed by atoms with E-state index in [0.29, 0.717) is 0 Å². The Morgan fingerprint density at radius 2 is 1.50 bits per heavy atom. The molecule has 0 rings (SSSR count). The molecule has 0 aromatic heterocycles. The third-order valence-corrected chi connectivity index (χ3v) is 2.30. The van der Waals surface area contributed by atoms with Gasteiger partial charge >= 0.3 is 17.9 Å². The molecule has 0 saturated carbocycles. The smallest absolute Gasteiger partial charge is 0.310 e. The van der Waals surface area contributed by atoms with Gasteiger partial charge in [0.15, 0.2) is 0 Å². The summed E-state index contributed by atoms with van der Waals surface area (Å²) in [6, 6.07) is 0. The zero-order valence-corrected chi connectivity index (χ0v) is 9.61. The Labute approximate surface area is 97.7 Å². The first-order chi connectivity index (χ1) is 7.19. The molecule has 1 atom stereocenters. The van der Waals surface area contributed by atoms with Crippen LogP contribution in [0.5, 0.6) is 0 Å². The van der Waals surface area contributed by atoms with Crippen molar-refractivity contribution in [3.05, 3.63) is 0 Å². The van der Waals surface area contributed by atoms with Gasteiger partial charge in [-0.3, -0.25) is 14.4 Å². The molecule has 0 aliphatic heterocycles. The summed E-state index contributed by atoms with van der Waals surface area (Å²) >= 11 is 3.98. The standard InChI is InChI=1S/C9H14O6S/c1-5(16)2-9(8(14)15,3-6(10)11)4-7(12)13/h5,16H,2-4H2,1H3,(H,10,11)(H,12,13)(H,14,15). The van der Waals surface area contributed by atoms with E-state index in [9.17, 15) is 14.4 Å². The van der Waals surface area contributed by atoms with Crippen molar-refractivity contribution in [3.63, 3.8) is 0 Å². The lowest BCUT2D eigenvalue weighted by molar-refractivity contribution is -0.161. The monoisotopic (exact) mass is 250 g/mol. The number of carboxylic acids is 3. The van der Waals surface area contributed by atoms with E-state index in [-0.39, 0.29) is 6.42 Å². The average Bonchev–Trinajstić information content (AvgIpc) is 1.98. The Balaban J connectivity index is 5.11. The molecule has 1 unspecified atom stereocenters. The molecule has 92 valence electrons. The van der Waals surface area contributed by atoms with Gasteiger partial charge in [0.05, 0.1) is 18.3 Å². The van der Waals surface area contributed by atoms with E-state index in [1.807, 2.05) is 0 Å². The Morgan fingerprint density at radius 1 is 1.12 bits per heavy atom. The average molecular weight is 250 g/mol. The van der Waals surface area contributed by atoms with Crippen molar-refractivity contribution >= 4 is 30.5 Å². The van der Waals surface area contributed by atoms with Crippen molar-refractivity contribution in [2.45, 2.75) is 31.4 Å². The lowest BCUT2D eigenvalue weighted by Gasteiger charge is -2.27. The van der Waals surface area contributed by atoms with Gasteiger partial charge in [0, 0.05) is 0 Å². The fourth-order valence-electron chi connectivity index (χ4n) is 1.59. The van der Waals surface area contributed by atoms with Gasteiger partial charge in [0.1, 0.15) is 0 Å². The number of hydrogen-bond donors (Lipinski definition) is 4. The van der Waals surface area contributed by atoms with Crippen LogP contribution in [0.3, 0.4) is 0 Å². The van der Waals surface area contributed by atoms with Gasteiger partial charge in [-0.15, -0.1) is 0 Å². The normalized spacial score (nSPS) is 13.1. The highest BCUT2D eigenvalue weighted by atomic mass is 32.1. The van der Waals surface area contributed by atoms with Crippen LogP contribution in [-0.4, -0.2) is 38.5 Å². The SMILES string of the molecule is CC(S)CC(CC(=O)O)(CC(=O)O)C(=O)O. The molecular weight excluding hydrogens is 236 g/mol. The van der Waals surface area contributed by atoms with Gasteiger partial charge in [-0.2, -0.15) is 12.6 Å². The van der Waals surface area contributed by atoms with E-state index < -0.39 is 41.4 Å². The van der Waals surface area contributed by atoms with Crippen LogP contribution in [-0.2, 0) is 14.4 Å². The second kappa shape index (κ2) is 5.74. The molecule has 0 aliphatic rings. The highest BCUT2D eigenvalue weighted by molar-refractivity contribution is 7.80. The largest absolute Gasteiger partial charge is 0.481 e. The topological polar surface area (TPSA) is 112 Å². The molecule has 0 spiro atoms. The first kappa shape index (κ1) is 14.8. The molecule has 0 heterocycles. The zero-order chi connectivity index (χ0) is 12.9. The van der Waals surface area contributed by atoms with Crippen LogP contribution in [0.15, 0.2) is 0 Å². The van der Waals surface area contributed by atoms with E-state index >= 15 is 0 Å². The minimum atomic E-state index is -1.79. The van der Waals surface area contributed by atoms with E-state index in [1.54, 1.807) is 6.92 Å². The predicted octanol–water partition coefficient (Wildman–Crippen LogP) is 0.715. The van der Waals surface area contributed by atoms with Gasteiger partial charge in [-0.25, -0.2) is 0 Å². The molecule has 6 nitrogen and oxygen atoms in total. The van der Waals surface area contributed by atoms with Crippen molar-refractivity contribution in [2.24, 2.45) is 5.41 Å². The summed E-state index contributed by atoms with van der Waals surface area (Å²) in [5.74, 6) is -4.09. The summed E-state index contributed by atoms with van der Waals surface area (Å²) in [4.78, 5) is 32.3. The number of aliphatic carboxylic acids is 3. The maximum absolute atomic E-state index is 11.1. The van der Waals surface area contributed by atoms with Crippen LogP contribution in [0.25, 0.3) is 0 Å². The molecule has 0 aromatic carbocycles. The second-order valence-corrected chi connectivity index (χ2v) is 4.66. The van der Waals surface area contributed by atoms with Gasteiger partial charge in [-0.1, -0.05) is 6.92 Å². The molecule has 0 aliphatic carbocycles. The first-order valence-corrected chi connectivity index (χ1v) is 5.06. The zero-order valence-electron chi connectivity index (χ0n) is 8.71. The summed E-state index contributed by atoms with van der Waals surface area (Å²) in [5.41, 5.74) is -1.79. The van der Waals surface area contributed by atoms with Crippen molar-refractivity contribution in [2.75, 3.05) is 0 Å². The molecule has 0 bridgehead atoms. The van der Waals surface area contributed by atoms with Crippen molar-refractivity contribution in [1.29, 1.82) is 0 Å². The van der Waals surface area contributed by atoms with E-state index in [1.165, 1.54) is 0 Å². The fourth-order valence-corrected chi connectivity index (χ4v) is 1.94. The van der Waals surface area contributed by atoms with Crippen molar-refractivity contribution in [1.82, 2.24) is 0 Å². The molecule has 0 amide bonds. The van der Waals surface area contributed by atoms with Crippen LogP contribution >= 0.6 is 12.6 Å². The van der Waals surface area contributed by atoms with Crippen LogP contribution in [0.2, 0.25) is 0 Å². The number of carboxylic acid groups (broad SMARTS) is 3. The quantitative estimate of drug-likeness (QED) is 0.495.